The van der Waals surface area contributed by atoms with Crippen LogP contribution in [0.5, 0.6) is 11.5 Å². The zero-order valence-corrected chi connectivity index (χ0v) is 13.3. The Hall–Kier alpha value is -1.52. The van der Waals surface area contributed by atoms with Gasteiger partial charge in [0, 0.05) is 9.75 Å². The van der Waals surface area contributed by atoms with E-state index in [-0.39, 0.29) is 0 Å². The lowest BCUT2D eigenvalue weighted by Crippen LogP contribution is -2.02. The molecule has 0 aliphatic rings. The van der Waals surface area contributed by atoms with Crippen LogP contribution in [0.2, 0.25) is 0 Å². The Kier molecular flexibility index (Phi) is 4.35. The number of aliphatic hydroxyl groups is 1. The fraction of sp³-hybridized carbons (Fsp3) is 0.375. The minimum absolute atomic E-state index is 0.632. The van der Waals surface area contributed by atoms with Gasteiger partial charge in [-0.15, -0.1) is 11.3 Å². The second kappa shape index (κ2) is 5.85. The summed E-state index contributed by atoms with van der Waals surface area (Å²) in [4.78, 5) is 2.19. The Bertz CT molecular complexity index is 597. The minimum atomic E-state index is -0.632. The first-order valence-electron chi connectivity index (χ1n) is 6.45. The Morgan fingerprint density at radius 2 is 1.55 bits per heavy atom. The zero-order chi connectivity index (χ0) is 14.9. The molecule has 2 rings (SSSR count). The fourth-order valence-electron chi connectivity index (χ4n) is 2.18. The summed E-state index contributed by atoms with van der Waals surface area (Å²) in [6.07, 6.45) is -0.632. The number of aliphatic hydroxyl groups excluding tert-OH is 1. The maximum absolute atomic E-state index is 10.6. The lowest BCUT2D eigenvalue weighted by Gasteiger charge is -2.16. The number of benzene rings is 1. The molecule has 0 fully saturated rings. The van der Waals surface area contributed by atoms with Gasteiger partial charge in [-0.1, -0.05) is 0 Å². The number of hydrogen-bond donors (Lipinski definition) is 1. The molecular weight excluding hydrogens is 272 g/mol. The van der Waals surface area contributed by atoms with Crippen molar-refractivity contribution in [2.24, 2.45) is 0 Å². The summed E-state index contributed by atoms with van der Waals surface area (Å²) in [7, 11) is 3.21. The van der Waals surface area contributed by atoms with E-state index in [9.17, 15) is 5.11 Å². The Balaban J connectivity index is 2.46. The van der Waals surface area contributed by atoms with E-state index in [0.717, 1.165) is 16.0 Å². The molecule has 0 radical (unpaired) electrons. The van der Waals surface area contributed by atoms with Gasteiger partial charge in [0.15, 0.2) is 11.5 Å². The molecule has 1 N–H and O–H groups in total. The number of aryl methyl sites for hydroxylation is 3. The third-order valence-corrected chi connectivity index (χ3v) is 4.73. The van der Waals surface area contributed by atoms with Gasteiger partial charge in [-0.3, -0.25) is 0 Å². The normalized spacial score (nSPS) is 12.3. The average molecular weight is 292 g/mol. The predicted molar refractivity (Wildman–Crippen MR) is 82.1 cm³/mol. The molecule has 1 atom stereocenters. The monoisotopic (exact) mass is 292 g/mol. The van der Waals surface area contributed by atoms with Gasteiger partial charge in [0.05, 0.1) is 14.2 Å². The molecule has 0 saturated carbocycles. The summed E-state index contributed by atoms with van der Waals surface area (Å²) in [6, 6.07) is 5.79. The van der Waals surface area contributed by atoms with Gasteiger partial charge in [0.1, 0.15) is 6.10 Å². The van der Waals surface area contributed by atoms with Crippen molar-refractivity contribution in [2.75, 3.05) is 14.2 Å². The van der Waals surface area contributed by atoms with Gasteiger partial charge in [0.2, 0.25) is 0 Å². The smallest absolute Gasteiger partial charge is 0.161 e. The summed E-state index contributed by atoms with van der Waals surface area (Å²) in [5.41, 5.74) is 3.05. The second-order valence-corrected chi connectivity index (χ2v) is 6.14. The SMILES string of the molecule is COc1cc(C)c(C(O)c2cc(C)c(C)s2)cc1OC. The standard InChI is InChI=1S/C16H20O3S/c1-9-7-15(20-11(9)3)16(17)12-8-14(19-5)13(18-4)6-10(12)2/h6-8,16-17H,1-5H3. The first-order valence-corrected chi connectivity index (χ1v) is 7.27. The van der Waals surface area contributed by atoms with Gasteiger partial charge < -0.3 is 14.6 Å². The minimum Gasteiger partial charge on any atom is -0.493 e. The number of hydrogen-bond acceptors (Lipinski definition) is 4. The predicted octanol–water partition coefficient (Wildman–Crippen LogP) is 3.77. The van der Waals surface area contributed by atoms with E-state index in [0.29, 0.717) is 11.5 Å². The van der Waals surface area contributed by atoms with Crippen molar-refractivity contribution in [3.05, 3.63) is 44.6 Å². The van der Waals surface area contributed by atoms with E-state index in [1.54, 1.807) is 25.6 Å². The van der Waals surface area contributed by atoms with Crippen LogP contribution in [0.15, 0.2) is 18.2 Å². The first-order chi connectivity index (χ1) is 9.47. The molecule has 0 aliphatic carbocycles. The molecule has 2 aromatic rings. The summed E-state index contributed by atoms with van der Waals surface area (Å²) in [5.74, 6) is 1.32. The van der Waals surface area contributed by atoms with Crippen LogP contribution in [-0.2, 0) is 0 Å². The highest BCUT2D eigenvalue weighted by Crippen LogP contribution is 2.37. The van der Waals surface area contributed by atoms with Crippen LogP contribution in [0.1, 0.15) is 32.5 Å². The van der Waals surface area contributed by atoms with E-state index in [4.69, 9.17) is 9.47 Å². The Morgan fingerprint density at radius 1 is 0.950 bits per heavy atom. The highest BCUT2D eigenvalue weighted by atomic mass is 32.1. The van der Waals surface area contributed by atoms with Gasteiger partial charge in [-0.25, -0.2) is 0 Å². The van der Waals surface area contributed by atoms with Crippen molar-refractivity contribution in [1.29, 1.82) is 0 Å². The van der Waals surface area contributed by atoms with Gasteiger partial charge in [-0.05, 0) is 55.7 Å². The topological polar surface area (TPSA) is 38.7 Å². The van der Waals surface area contributed by atoms with Crippen molar-refractivity contribution in [3.8, 4) is 11.5 Å². The van der Waals surface area contributed by atoms with E-state index in [1.165, 1.54) is 10.4 Å². The number of rotatable bonds is 4. The number of methoxy groups -OCH3 is 2. The molecule has 3 nitrogen and oxygen atoms in total. The fourth-order valence-corrected chi connectivity index (χ4v) is 3.23. The van der Waals surface area contributed by atoms with Crippen LogP contribution in [0.25, 0.3) is 0 Å². The molecule has 0 bridgehead atoms. The summed E-state index contributed by atoms with van der Waals surface area (Å²) in [5, 5.41) is 10.6. The Labute approximate surface area is 123 Å². The highest BCUT2D eigenvalue weighted by Gasteiger charge is 2.19. The van der Waals surface area contributed by atoms with Crippen molar-refractivity contribution in [2.45, 2.75) is 26.9 Å². The summed E-state index contributed by atoms with van der Waals surface area (Å²) >= 11 is 1.63. The third-order valence-electron chi connectivity index (χ3n) is 3.52. The molecule has 1 unspecified atom stereocenters. The molecule has 4 heteroatoms. The highest BCUT2D eigenvalue weighted by molar-refractivity contribution is 7.12. The van der Waals surface area contributed by atoms with Crippen molar-refractivity contribution in [3.63, 3.8) is 0 Å². The quantitative estimate of drug-likeness (QED) is 0.932. The van der Waals surface area contributed by atoms with Crippen LogP contribution in [0.3, 0.4) is 0 Å². The van der Waals surface area contributed by atoms with Crippen LogP contribution in [0.4, 0.5) is 0 Å². The molecule has 0 saturated heterocycles. The number of thiophene rings is 1. The van der Waals surface area contributed by atoms with Crippen LogP contribution >= 0.6 is 11.3 Å². The summed E-state index contributed by atoms with van der Waals surface area (Å²) < 4.78 is 10.6. The average Bonchev–Trinajstić information content (AvgIpc) is 2.77. The van der Waals surface area contributed by atoms with E-state index < -0.39 is 6.10 Å². The molecule has 0 amide bonds. The number of ether oxygens (including phenoxy) is 2. The molecule has 108 valence electrons. The lowest BCUT2D eigenvalue weighted by atomic mass is 10.0. The van der Waals surface area contributed by atoms with Crippen LogP contribution in [0, 0.1) is 20.8 Å². The molecular formula is C16H20O3S. The van der Waals surface area contributed by atoms with Gasteiger partial charge >= 0.3 is 0 Å². The van der Waals surface area contributed by atoms with Crippen LogP contribution < -0.4 is 9.47 Å². The maximum Gasteiger partial charge on any atom is 0.161 e. The molecule has 1 aromatic heterocycles. The van der Waals surface area contributed by atoms with E-state index in [1.807, 2.05) is 25.1 Å². The maximum atomic E-state index is 10.6. The van der Waals surface area contributed by atoms with Crippen molar-refractivity contribution in [1.82, 2.24) is 0 Å². The van der Waals surface area contributed by atoms with Crippen LogP contribution in [-0.4, -0.2) is 19.3 Å². The van der Waals surface area contributed by atoms with Gasteiger partial charge in [-0.2, -0.15) is 0 Å². The Morgan fingerprint density at radius 3 is 2.05 bits per heavy atom. The molecule has 1 heterocycles. The lowest BCUT2D eigenvalue weighted by molar-refractivity contribution is 0.222. The zero-order valence-electron chi connectivity index (χ0n) is 12.5. The molecule has 0 aliphatic heterocycles. The molecule has 0 spiro atoms. The summed E-state index contributed by atoms with van der Waals surface area (Å²) in [6.45, 7) is 6.09. The van der Waals surface area contributed by atoms with Crippen molar-refractivity contribution < 1.29 is 14.6 Å². The van der Waals surface area contributed by atoms with E-state index in [2.05, 4.69) is 13.8 Å². The first kappa shape index (κ1) is 14.9. The van der Waals surface area contributed by atoms with Gasteiger partial charge in [0.25, 0.3) is 0 Å². The second-order valence-electron chi connectivity index (χ2n) is 4.85. The van der Waals surface area contributed by atoms with E-state index >= 15 is 0 Å². The van der Waals surface area contributed by atoms with Crippen molar-refractivity contribution >= 4 is 11.3 Å². The largest absolute Gasteiger partial charge is 0.493 e. The third kappa shape index (κ3) is 2.67. The molecule has 20 heavy (non-hydrogen) atoms. The molecule has 1 aromatic carbocycles.